The van der Waals surface area contributed by atoms with Gasteiger partial charge in [0.1, 0.15) is 0 Å². The number of methoxy groups -OCH3 is 1. The summed E-state index contributed by atoms with van der Waals surface area (Å²) in [6.07, 6.45) is 14.4. The fourth-order valence-corrected chi connectivity index (χ4v) is 5.00. The highest BCUT2D eigenvalue weighted by Gasteiger charge is 2.51. The zero-order valence-corrected chi connectivity index (χ0v) is 15.4. The van der Waals surface area contributed by atoms with E-state index in [1.54, 1.807) is 0 Å². The van der Waals surface area contributed by atoms with Crippen molar-refractivity contribution in [3.63, 3.8) is 0 Å². The molecule has 0 spiro atoms. The second kappa shape index (κ2) is 6.36. The zero-order valence-electron chi connectivity index (χ0n) is 15.4. The number of hydrogen-bond acceptors (Lipinski definition) is 4. The lowest BCUT2D eigenvalue weighted by atomic mass is 9.79. The largest absolute Gasteiger partial charge is 0.378 e. The van der Waals surface area contributed by atoms with Gasteiger partial charge in [-0.2, -0.15) is 0 Å². The number of hydrogen-bond donors (Lipinski definition) is 0. The standard InChI is InChI=1S/C20H31N3O2/c1-24-20-7-6-18(25-13-15-2-3-15)10-19(20)22(9-8-20)12-17-11-21-14-23(17)16-4-5-16/h11,14-16,18-19H,2-10,12-13H2,1H3/t18-,19+,20-/m1/s1. The summed E-state index contributed by atoms with van der Waals surface area (Å²) in [7, 11) is 1.91. The van der Waals surface area contributed by atoms with Gasteiger partial charge in [0.05, 0.1) is 23.7 Å². The van der Waals surface area contributed by atoms with Crippen molar-refractivity contribution in [3.05, 3.63) is 18.2 Å². The van der Waals surface area contributed by atoms with Crippen LogP contribution in [0.2, 0.25) is 0 Å². The molecule has 2 heterocycles. The summed E-state index contributed by atoms with van der Waals surface area (Å²) in [5.74, 6) is 0.849. The van der Waals surface area contributed by atoms with Crippen LogP contribution in [0.25, 0.3) is 0 Å². The van der Waals surface area contributed by atoms with E-state index in [0.29, 0.717) is 18.2 Å². The summed E-state index contributed by atoms with van der Waals surface area (Å²) in [5.41, 5.74) is 1.42. The summed E-state index contributed by atoms with van der Waals surface area (Å²) < 4.78 is 14.8. The molecule has 4 fully saturated rings. The fourth-order valence-electron chi connectivity index (χ4n) is 5.00. The fraction of sp³-hybridized carbons (Fsp3) is 0.850. The van der Waals surface area contributed by atoms with Crippen molar-refractivity contribution in [2.45, 2.75) is 81.7 Å². The van der Waals surface area contributed by atoms with Gasteiger partial charge in [-0.15, -0.1) is 0 Å². The van der Waals surface area contributed by atoms with Crippen LogP contribution in [0.4, 0.5) is 0 Å². The molecule has 5 heteroatoms. The van der Waals surface area contributed by atoms with E-state index in [4.69, 9.17) is 9.47 Å². The number of aromatic nitrogens is 2. The second-order valence-electron chi connectivity index (χ2n) is 8.70. The van der Waals surface area contributed by atoms with E-state index in [0.717, 1.165) is 51.3 Å². The van der Waals surface area contributed by atoms with Gasteiger partial charge in [0, 0.05) is 45.1 Å². The number of likely N-dealkylation sites (tertiary alicyclic amines) is 1. The second-order valence-corrected chi connectivity index (χ2v) is 8.70. The van der Waals surface area contributed by atoms with Crippen LogP contribution < -0.4 is 0 Å². The Hall–Kier alpha value is -0.910. The predicted octanol–water partition coefficient (Wildman–Crippen LogP) is 3.16. The van der Waals surface area contributed by atoms with E-state index in [1.807, 2.05) is 13.4 Å². The van der Waals surface area contributed by atoms with E-state index >= 15 is 0 Å². The smallest absolute Gasteiger partial charge is 0.0951 e. The molecule has 3 aliphatic carbocycles. The summed E-state index contributed by atoms with van der Waals surface area (Å²) in [5, 5.41) is 0. The first-order chi connectivity index (χ1) is 12.3. The minimum Gasteiger partial charge on any atom is -0.378 e. The van der Waals surface area contributed by atoms with Gasteiger partial charge >= 0.3 is 0 Å². The highest BCUT2D eigenvalue weighted by atomic mass is 16.5. The van der Waals surface area contributed by atoms with Crippen LogP contribution in [0.1, 0.15) is 63.1 Å². The van der Waals surface area contributed by atoms with Crippen molar-refractivity contribution >= 4 is 0 Å². The minimum atomic E-state index is 0.0455. The maximum absolute atomic E-state index is 6.26. The van der Waals surface area contributed by atoms with E-state index in [1.165, 1.54) is 31.4 Å². The number of ether oxygens (including phenoxy) is 2. The number of nitrogens with zero attached hydrogens (tertiary/aromatic N) is 3. The molecule has 0 N–H and O–H groups in total. The Bertz CT molecular complexity index is 610. The average molecular weight is 345 g/mol. The number of fused-ring (bicyclic) bond motifs is 1. The molecule has 0 aromatic carbocycles. The van der Waals surface area contributed by atoms with Crippen molar-refractivity contribution in [2.75, 3.05) is 20.3 Å². The molecule has 3 saturated carbocycles. The Morgan fingerprint density at radius 2 is 2.08 bits per heavy atom. The maximum atomic E-state index is 6.26. The van der Waals surface area contributed by atoms with Crippen LogP contribution in [-0.4, -0.2) is 52.5 Å². The van der Waals surface area contributed by atoms with Gasteiger partial charge in [-0.3, -0.25) is 4.90 Å². The molecule has 1 saturated heterocycles. The molecule has 5 nitrogen and oxygen atoms in total. The lowest BCUT2D eigenvalue weighted by Crippen LogP contribution is -2.51. The Morgan fingerprint density at radius 1 is 1.20 bits per heavy atom. The highest BCUT2D eigenvalue weighted by molar-refractivity contribution is 5.09. The Morgan fingerprint density at radius 3 is 2.84 bits per heavy atom. The van der Waals surface area contributed by atoms with Crippen LogP contribution in [0.15, 0.2) is 12.5 Å². The molecule has 3 atom stereocenters. The topological polar surface area (TPSA) is 39.5 Å². The molecule has 0 radical (unpaired) electrons. The lowest BCUT2D eigenvalue weighted by Gasteiger charge is -2.43. The molecule has 0 bridgehead atoms. The Kier molecular flexibility index (Phi) is 4.14. The third-order valence-corrected chi connectivity index (χ3v) is 6.97. The van der Waals surface area contributed by atoms with E-state index in [-0.39, 0.29) is 5.60 Å². The third-order valence-electron chi connectivity index (χ3n) is 6.97. The number of imidazole rings is 1. The van der Waals surface area contributed by atoms with Crippen LogP contribution >= 0.6 is 0 Å². The van der Waals surface area contributed by atoms with Crippen molar-refractivity contribution < 1.29 is 9.47 Å². The minimum absolute atomic E-state index is 0.0455. The van der Waals surface area contributed by atoms with Gasteiger partial charge in [-0.1, -0.05) is 0 Å². The van der Waals surface area contributed by atoms with Gasteiger partial charge in [0.15, 0.2) is 0 Å². The van der Waals surface area contributed by atoms with Crippen molar-refractivity contribution in [3.8, 4) is 0 Å². The van der Waals surface area contributed by atoms with E-state index in [2.05, 4.69) is 20.6 Å². The lowest BCUT2D eigenvalue weighted by molar-refractivity contribution is -0.103. The Balaban J connectivity index is 1.29. The third kappa shape index (κ3) is 3.15. The number of rotatable bonds is 7. The van der Waals surface area contributed by atoms with Gasteiger partial charge in [0.25, 0.3) is 0 Å². The summed E-state index contributed by atoms with van der Waals surface area (Å²) in [6, 6.07) is 1.19. The van der Waals surface area contributed by atoms with Crippen LogP contribution in [-0.2, 0) is 16.0 Å². The monoisotopic (exact) mass is 345 g/mol. The molecule has 25 heavy (non-hydrogen) atoms. The first-order valence-corrected chi connectivity index (χ1v) is 10.2. The molecular formula is C20H31N3O2. The normalized spacial score (nSPS) is 35.9. The van der Waals surface area contributed by atoms with Crippen molar-refractivity contribution in [1.29, 1.82) is 0 Å². The van der Waals surface area contributed by atoms with E-state index in [9.17, 15) is 0 Å². The molecule has 138 valence electrons. The first kappa shape index (κ1) is 16.3. The first-order valence-electron chi connectivity index (χ1n) is 10.2. The van der Waals surface area contributed by atoms with Crippen molar-refractivity contribution in [1.82, 2.24) is 14.5 Å². The molecule has 1 aromatic rings. The van der Waals surface area contributed by atoms with Crippen LogP contribution in [0.3, 0.4) is 0 Å². The summed E-state index contributed by atoms with van der Waals surface area (Å²) in [6.45, 7) is 3.11. The highest BCUT2D eigenvalue weighted by Crippen LogP contribution is 2.44. The van der Waals surface area contributed by atoms with Gasteiger partial charge in [-0.25, -0.2) is 4.98 Å². The van der Waals surface area contributed by atoms with Crippen molar-refractivity contribution in [2.24, 2.45) is 5.92 Å². The zero-order chi connectivity index (χ0) is 16.9. The van der Waals surface area contributed by atoms with Gasteiger partial charge in [0.2, 0.25) is 0 Å². The van der Waals surface area contributed by atoms with Gasteiger partial charge in [-0.05, 0) is 57.3 Å². The quantitative estimate of drug-likeness (QED) is 0.761. The molecule has 4 aliphatic rings. The summed E-state index contributed by atoms with van der Waals surface area (Å²) >= 11 is 0. The van der Waals surface area contributed by atoms with E-state index < -0.39 is 0 Å². The molecule has 5 rings (SSSR count). The van der Waals surface area contributed by atoms with Gasteiger partial charge < -0.3 is 14.0 Å². The molecular weight excluding hydrogens is 314 g/mol. The van der Waals surface area contributed by atoms with Crippen LogP contribution in [0, 0.1) is 5.92 Å². The average Bonchev–Trinajstić information content (AvgIpc) is 3.57. The molecule has 0 unspecified atom stereocenters. The molecule has 0 amide bonds. The molecule has 1 aromatic heterocycles. The maximum Gasteiger partial charge on any atom is 0.0951 e. The predicted molar refractivity (Wildman–Crippen MR) is 95.4 cm³/mol. The SMILES string of the molecule is CO[C@@]12CC[C@@H](OCC3CC3)C[C@@H]1N(Cc1cncn1C1CC1)CC2. The van der Waals surface area contributed by atoms with Crippen LogP contribution in [0.5, 0.6) is 0 Å². The molecule has 1 aliphatic heterocycles. The summed E-state index contributed by atoms with van der Waals surface area (Å²) in [4.78, 5) is 7.06. The Labute approximate surface area is 150 Å².